The fourth-order valence-corrected chi connectivity index (χ4v) is 6.00. The molecule has 0 atom stereocenters. The number of aromatic amines is 2. The Balaban J connectivity index is 1.31. The highest BCUT2D eigenvalue weighted by atomic mass is 14.9. The molecular formula is C30H22N6. The van der Waals surface area contributed by atoms with Crippen molar-refractivity contribution in [3.63, 3.8) is 0 Å². The molecule has 0 spiro atoms. The van der Waals surface area contributed by atoms with E-state index in [0.717, 1.165) is 68.2 Å². The van der Waals surface area contributed by atoms with Crippen LogP contribution in [0.5, 0.6) is 0 Å². The average molecular weight is 467 g/mol. The maximum atomic E-state index is 4.77. The molecule has 0 bridgehead atoms. The number of nitrogens with one attached hydrogen (secondary N) is 2. The fraction of sp³-hybridized carbons (Fsp3) is 0.133. The predicted octanol–water partition coefficient (Wildman–Crippen LogP) is 6.59. The normalized spacial score (nSPS) is 13.1. The number of fused-ring (bicyclic) bond motifs is 11. The van der Waals surface area contributed by atoms with E-state index < -0.39 is 0 Å². The molecule has 4 aromatic carbocycles. The van der Waals surface area contributed by atoms with Crippen LogP contribution >= 0.6 is 0 Å². The summed E-state index contributed by atoms with van der Waals surface area (Å²) in [4.78, 5) is 25.2. The molecule has 0 saturated carbocycles. The lowest BCUT2D eigenvalue weighted by molar-refractivity contribution is 0.948. The molecule has 0 radical (unpaired) electrons. The van der Waals surface area contributed by atoms with Gasteiger partial charge in [-0.1, -0.05) is 36.4 Å². The van der Waals surface area contributed by atoms with Gasteiger partial charge in [0, 0.05) is 17.0 Å². The first kappa shape index (κ1) is 19.7. The molecule has 8 rings (SSSR count). The number of rotatable bonds is 1. The number of aryl methyl sites for hydroxylation is 4. The third kappa shape index (κ3) is 2.67. The number of imidazole rings is 2. The molecular weight excluding hydrogens is 444 g/mol. The molecule has 0 unspecified atom stereocenters. The number of aromatic nitrogens is 6. The molecule has 1 aliphatic carbocycles. The molecule has 2 N–H and O–H groups in total. The minimum atomic E-state index is 0.888. The standard InChI is InChI=1S/C30H22N6/c1-15-33-26-10-9-21-20-6-3-17(11-19(20)5-8-22(21)27(26)34-15)18-4-7-23-24(12-18)25-13-31-14-32-28(25)30-29(23)35-16(2)36-30/h3-4,6-7,9-14H,5,8H2,1-2H3,(H,33,34)(H,35,36). The van der Waals surface area contributed by atoms with Crippen molar-refractivity contribution in [3.05, 3.63) is 83.8 Å². The van der Waals surface area contributed by atoms with E-state index in [-0.39, 0.29) is 0 Å². The highest BCUT2D eigenvalue weighted by Crippen LogP contribution is 2.40. The van der Waals surface area contributed by atoms with Crippen LogP contribution in [0.1, 0.15) is 22.8 Å². The lowest BCUT2D eigenvalue weighted by Gasteiger charge is -2.21. The quantitative estimate of drug-likeness (QED) is 0.268. The fourth-order valence-electron chi connectivity index (χ4n) is 6.00. The summed E-state index contributed by atoms with van der Waals surface area (Å²) in [5.74, 6) is 1.86. The number of nitrogens with zero attached hydrogens (tertiary/aromatic N) is 4. The molecule has 0 fully saturated rings. The van der Waals surface area contributed by atoms with Gasteiger partial charge >= 0.3 is 0 Å². The van der Waals surface area contributed by atoms with E-state index in [9.17, 15) is 0 Å². The molecule has 0 amide bonds. The van der Waals surface area contributed by atoms with Crippen LogP contribution in [0.15, 0.2) is 61.1 Å². The molecule has 3 aromatic heterocycles. The van der Waals surface area contributed by atoms with Gasteiger partial charge in [0.2, 0.25) is 0 Å². The first-order chi connectivity index (χ1) is 17.6. The van der Waals surface area contributed by atoms with Gasteiger partial charge in [0.15, 0.2) is 0 Å². The monoisotopic (exact) mass is 466 g/mol. The van der Waals surface area contributed by atoms with Crippen LogP contribution in [-0.2, 0) is 12.8 Å². The van der Waals surface area contributed by atoms with Gasteiger partial charge in [-0.05, 0) is 77.6 Å². The lowest BCUT2D eigenvalue weighted by atomic mass is 9.83. The van der Waals surface area contributed by atoms with Crippen molar-refractivity contribution < 1.29 is 0 Å². The van der Waals surface area contributed by atoms with Crippen molar-refractivity contribution in [1.29, 1.82) is 0 Å². The van der Waals surface area contributed by atoms with Gasteiger partial charge in [-0.25, -0.2) is 19.9 Å². The van der Waals surface area contributed by atoms with Crippen LogP contribution in [0.25, 0.3) is 66.0 Å². The van der Waals surface area contributed by atoms with Crippen LogP contribution in [0.4, 0.5) is 0 Å². The maximum absolute atomic E-state index is 4.77. The topological polar surface area (TPSA) is 83.1 Å². The maximum Gasteiger partial charge on any atom is 0.116 e. The van der Waals surface area contributed by atoms with Crippen molar-refractivity contribution in [1.82, 2.24) is 29.9 Å². The first-order valence-electron chi connectivity index (χ1n) is 12.3. The summed E-state index contributed by atoms with van der Waals surface area (Å²) in [5, 5.41) is 3.28. The van der Waals surface area contributed by atoms with Crippen molar-refractivity contribution in [2.75, 3.05) is 0 Å². The summed E-state index contributed by atoms with van der Waals surface area (Å²) < 4.78 is 0. The molecule has 7 aromatic rings. The summed E-state index contributed by atoms with van der Waals surface area (Å²) in [5.41, 5.74) is 12.9. The molecule has 6 nitrogen and oxygen atoms in total. The van der Waals surface area contributed by atoms with Gasteiger partial charge in [-0.15, -0.1) is 0 Å². The van der Waals surface area contributed by atoms with Gasteiger partial charge in [-0.3, -0.25) is 0 Å². The van der Waals surface area contributed by atoms with Crippen LogP contribution in [0, 0.1) is 13.8 Å². The summed E-state index contributed by atoms with van der Waals surface area (Å²) in [6.07, 6.45) is 5.53. The average Bonchev–Trinajstić information content (AvgIpc) is 3.49. The van der Waals surface area contributed by atoms with Crippen LogP contribution in [0.2, 0.25) is 0 Å². The van der Waals surface area contributed by atoms with Crippen molar-refractivity contribution in [2.24, 2.45) is 0 Å². The van der Waals surface area contributed by atoms with Crippen molar-refractivity contribution in [3.8, 4) is 22.3 Å². The van der Waals surface area contributed by atoms with Gasteiger partial charge in [-0.2, -0.15) is 0 Å². The van der Waals surface area contributed by atoms with Crippen LogP contribution < -0.4 is 0 Å². The Kier molecular flexibility index (Phi) is 3.82. The van der Waals surface area contributed by atoms with E-state index in [2.05, 4.69) is 68.5 Å². The molecule has 36 heavy (non-hydrogen) atoms. The van der Waals surface area contributed by atoms with Crippen molar-refractivity contribution >= 4 is 43.7 Å². The van der Waals surface area contributed by atoms with E-state index >= 15 is 0 Å². The zero-order chi connectivity index (χ0) is 24.0. The second-order valence-corrected chi connectivity index (χ2v) is 9.77. The molecule has 0 saturated heterocycles. The molecule has 6 heteroatoms. The van der Waals surface area contributed by atoms with Gasteiger partial charge in [0.1, 0.15) is 18.0 Å². The van der Waals surface area contributed by atoms with E-state index in [1.165, 1.54) is 33.4 Å². The second-order valence-electron chi connectivity index (χ2n) is 9.77. The van der Waals surface area contributed by atoms with E-state index in [1.807, 2.05) is 20.0 Å². The van der Waals surface area contributed by atoms with E-state index in [0.29, 0.717) is 0 Å². The first-order valence-corrected chi connectivity index (χ1v) is 12.3. The highest BCUT2D eigenvalue weighted by Gasteiger charge is 2.21. The Morgan fingerprint density at radius 2 is 1.50 bits per heavy atom. The summed E-state index contributed by atoms with van der Waals surface area (Å²) >= 11 is 0. The van der Waals surface area contributed by atoms with E-state index in [1.54, 1.807) is 6.33 Å². The third-order valence-electron chi connectivity index (χ3n) is 7.59. The number of hydrogen-bond acceptors (Lipinski definition) is 4. The molecule has 0 aliphatic heterocycles. The van der Waals surface area contributed by atoms with E-state index in [4.69, 9.17) is 9.97 Å². The van der Waals surface area contributed by atoms with Gasteiger partial charge in [0.25, 0.3) is 0 Å². The highest BCUT2D eigenvalue weighted by molar-refractivity contribution is 6.22. The predicted molar refractivity (Wildman–Crippen MR) is 144 cm³/mol. The SMILES string of the molecule is Cc1nc2c3c(ccc2[nH]1)-c1ccc(-c2ccc4c(c2)c2cncnc2c2[nH]c(C)nc42)cc1CC3. The minimum Gasteiger partial charge on any atom is -0.342 e. The molecule has 172 valence electrons. The zero-order valence-corrected chi connectivity index (χ0v) is 20.0. The summed E-state index contributed by atoms with van der Waals surface area (Å²) in [7, 11) is 0. The minimum absolute atomic E-state index is 0.888. The Bertz CT molecular complexity index is 2030. The Labute approximate surface area is 206 Å². The lowest BCUT2D eigenvalue weighted by Crippen LogP contribution is -2.05. The largest absolute Gasteiger partial charge is 0.342 e. The summed E-state index contributed by atoms with van der Waals surface area (Å²) in [6.45, 7) is 4.00. The van der Waals surface area contributed by atoms with Crippen LogP contribution in [-0.4, -0.2) is 29.9 Å². The molecule has 1 aliphatic rings. The second kappa shape index (κ2) is 6.98. The zero-order valence-electron chi connectivity index (χ0n) is 20.0. The van der Waals surface area contributed by atoms with Crippen LogP contribution in [0.3, 0.4) is 0 Å². The Morgan fingerprint density at radius 3 is 2.44 bits per heavy atom. The Morgan fingerprint density at radius 1 is 0.694 bits per heavy atom. The smallest absolute Gasteiger partial charge is 0.116 e. The van der Waals surface area contributed by atoms with Gasteiger partial charge in [0.05, 0.1) is 27.6 Å². The number of benzene rings is 4. The Hall–Kier alpha value is -4.58. The number of hydrogen-bond donors (Lipinski definition) is 2. The van der Waals surface area contributed by atoms with Gasteiger partial charge < -0.3 is 9.97 Å². The van der Waals surface area contributed by atoms with Crippen molar-refractivity contribution in [2.45, 2.75) is 26.7 Å². The summed E-state index contributed by atoms with van der Waals surface area (Å²) in [6, 6.07) is 17.9. The third-order valence-corrected chi connectivity index (χ3v) is 7.59. The molecule has 3 heterocycles. The number of H-pyrrole nitrogens is 2.